The number of anilines is 1. The highest BCUT2D eigenvalue weighted by atomic mass is 16.5. The minimum atomic E-state index is -0.354. The van der Waals surface area contributed by atoms with Gasteiger partial charge in [0.05, 0.1) is 36.2 Å². The molecular formula is C16H23N5O2. The summed E-state index contributed by atoms with van der Waals surface area (Å²) in [6, 6.07) is 4.20. The van der Waals surface area contributed by atoms with Gasteiger partial charge in [0, 0.05) is 25.3 Å². The second kappa shape index (κ2) is 7.40. The van der Waals surface area contributed by atoms with Crippen LogP contribution in [0.25, 0.3) is 0 Å². The number of carbonyl (C=O) groups is 1. The summed E-state index contributed by atoms with van der Waals surface area (Å²) < 4.78 is 5.78. The Hall–Kier alpha value is -2.17. The van der Waals surface area contributed by atoms with Gasteiger partial charge in [-0.1, -0.05) is 0 Å². The summed E-state index contributed by atoms with van der Waals surface area (Å²) in [4.78, 5) is 19.4. The SMILES string of the molecule is Cc1cc(N2CCOC(CN(C)CC(N)=O)C2)c(C#N)c(C)n1. The van der Waals surface area contributed by atoms with E-state index in [1.54, 1.807) is 0 Å². The Labute approximate surface area is 136 Å². The van der Waals surface area contributed by atoms with Crippen molar-refractivity contribution in [3.05, 3.63) is 23.0 Å². The third kappa shape index (κ3) is 4.41. The Morgan fingerprint density at radius 2 is 2.35 bits per heavy atom. The molecule has 1 aliphatic rings. The van der Waals surface area contributed by atoms with Gasteiger partial charge in [-0.15, -0.1) is 0 Å². The van der Waals surface area contributed by atoms with Crippen LogP contribution in [0.5, 0.6) is 0 Å². The van der Waals surface area contributed by atoms with E-state index in [4.69, 9.17) is 10.5 Å². The van der Waals surface area contributed by atoms with Gasteiger partial charge >= 0.3 is 0 Å². The summed E-state index contributed by atoms with van der Waals surface area (Å²) in [6.07, 6.45) is -0.0339. The molecule has 1 fully saturated rings. The van der Waals surface area contributed by atoms with E-state index in [-0.39, 0.29) is 18.6 Å². The molecule has 23 heavy (non-hydrogen) atoms. The zero-order valence-corrected chi connectivity index (χ0v) is 13.9. The first kappa shape index (κ1) is 17.2. The molecule has 124 valence electrons. The van der Waals surface area contributed by atoms with Gasteiger partial charge in [0.2, 0.25) is 5.91 Å². The summed E-state index contributed by atoms with van der Waals surface area (Å²) in [7, 11) is 1.84. The van der Waals surface area contributed by atoms with E-state index in [0.29, 0.717) is 25.3 Å². The van der Waals surface area contributed by atoms with Crippen molar-refractivity contribution in [3.8, 4) is 6.07 Å². The predicted molar refractivity (Wildman–Crippen MR) is 87.1 cm³/mol. The number of hydrogen-bond donors (Lipinski definition) is 1. The third-order valence-electron chi connectivity index (χ3n) is 3.84. The molecule has 2 rings (SSSR count). The Kier molecular flexibility index (Phi) is 5.53. The zero-order valence-electron chi connectivity index (χ0n) is 13.9. The van der Waals surface area contributed by atoms with Crippen LogP contribution in [0.3, 0.4) is 0 Å². The molecule has 1 amide bonds. The van der Waals surface area contributed by atoms with Gasteiger partial charge in [-0.25, -0.2) is 0 Å². The van der Waals surface area contributed by atoms with Crippen LogP contribution in [0.2, 0.25) is 0 Å². The molecular weight excluding hydrogens is 294 g/mol. The second-order valence-electron chi connectivity index (χ2n) is 5.96. The number of nitrogens with two attached hydrogens (primary N) is 1. The molecule has 0 bridgehead atoms. The topological polar surface area (TPSA) is 95.5 Å². The fourth-order valence-corrected chi connectivity index (χ4v) is 2.92. The molecule has 2 N–H and O–H groups in total. The van der Waals surface area contributed by atoms with Crippen molar-refractivity contribution in [2.24, 2.45) is 5.73 Å². The van der Waals surface area contributed by atoms with Gasteiger partial charge in [0.15, 0.2) is 0 Å². The van der Waals surface area contributed by atoms with Crippen molar-refractivity contribution in [1.82, 2.24) is 9.88 Å². The smallest absolute Gasteiger partial charge is 0.231 e. The van der Waals surface area contributed by atoms with E-state index >= 15 is 0 Å². The highest BCUT2D eigenvalue weighted by Crippen LogP contribution is 2.25. The van der Waals surface area contributed by atoms with E-state index < -0.39 is 0 Å². The molecule has 7 heteroatoms. The van der Waals surface area contributed by atoms with E-state index in [1.807, 2.05) is 31.9 Å². The fourth-order valence-electron chi connectivity index (χ4n) is 2.92. The molecule has 1 aromatic heterocycles. The molecule has 1 saturated heterocycles. The number of nitrogens with zero attached hydrogens (tertiary/aromatic N) is 4. The standard InChI is InChI=1S/C16H23N5O2/c1-11-6-15(14(7-17)12(2)19-11)21-4-5-23-13(9-21)8-20(3)10-16(18)22/h6,13H,4-5,8-10H2,1-3H3,(H2,18,22). The van der Waals surface area contributed by atoms with Crippen LogP contribution in [0.4, 0.5) is 5.69 Å². The molecule has 7 nitrogen and oxygen atoms in total. The molecule has 0 saturated carbocycles. The lowest BCUT2D eigenvalue weighted by Gasteiger charge is -2.36. The Morgan fingerprint density at radius 1 is 1.61 bits per heavy atom. The van der Waals surface area contributed by atoms with Crippen LogP contribution in [-0.2, 0) is 9.53 Å². The number of aryl methyl sites for hydroxylation is 2. The average Bonchev–Trinajstić information content (AvgIpc) is 2.45. The molecule has 1 aliphatic heterocycles. The van der Waals surface area contributed by atoms with Gasteiger partial charge in [0.25, 0.3) is 0 Å². The summed E-state index contributed by atoms with van der Waals surface area (Å²) in [5.41, 5.74) is 8.37. The Balaban J connectivity index is 2.13. The molecule has 0 aliphatic carbocycles. The Morgan fingerprint density at radius 3 is 3.00 bits per heavy atom. The van der Waals surface area contributed by atoms with Crippen LogP contribution in [0.1, 0.15) is 17.0 Å². The van der Waals surface area contributed by atoms with Crippen LogP contribution < -0.4 is 10.6 Å². The van der Waals surface area contributed by atoms with Crippen molar-refractivity contribution in [1.29, 1.82) is 5.26 Å². The normalized spacial score (nSPS) is 18.0. The quantitative estimate of drug-likeness (QED) is 0.833. The minimum absolute atomic E-state index is 0.0339. The molecule has 1 aromatic rings. The lowest BCUT2D eigenvalue weighted by molar-refractivity contribution is -0.119. The average molecular weight is 317 g/mol. The van der Waals surface area contributed by atoms with Gasteiger partial charge in [-0.05, 0) is 27.0 Å². The first-order chi connectivity index (χ1) is 10.9. The van der Waals surface area contributed by atoms with Gasteiger partial charge in [0.1, 0.15) is 6.07 Å². The van der Waals surface area contributed by atoms with Crippen LogP contribution in [0.15, 0.2) is 6.07 Å². The van der Waals surface area contributed by atoms with E-state index in [0.717, 1.165) is 23.6 Å². The number of primary amides is 1. The summed E-state index contributed by atoms with van der Waals surface area (Å²) in [6.45, 7) is 6.58. The highest BCUT2D eigenvalue weighted by Gasteiger charge is 2.24. The summed E-state index contributed by atoms with van der Waals surface area (Å²) in [5.74, 6) is -0.354. The van der Waals surface area contributed by atoms with Gasteiger partial charge in [-0.3, -0.25) is 14.7 Å². The largest absolute Gasteiger partial charge is 0.373 e. The second-order valence-corrected chi connectivity index (χ2v) is 5.96. The molecule has 0 radical (unpaired) electrons. The maximum Gasteiger partial charge on any atom is 0.231 e. The van der Waals surface area contributed by atoms with Gasteiger partial charge in [-0.2, -0.15) is 5.26 Å². The first-order valence-electron chi connectivity index (χ1n) is 7.62. The van der Waals surface area contributed by atoms with Crippen molar-refractivity contribution in [2.75, 3.05) is 44.7 Å². The van der Waals surface area contributed by atoms with Crippen molar-refractivity contribution >= 4 is 11.6 Å². The first-order valence-corrected chi connectivity index (χ1v) is 7.62. The van der Waals surface area contributed by atoms with E-state index in [9.17, 15) is 10.1 Å². The van der Waals surface area contributed by atoms with Crippen LogP contribution in [-0.4, -0.2) is 61.7 Å². The lowest BCUT2D eigenvalue weighted by atomic mass is 10.1. The van der Waals surface area contributed by atoms with Crippen LogP contribution in [0, 0.1) is 25.2 Å². The predicted octanol–water partition coefficient (Wildman–Crippen LogP) is 0.192. The third-order valence-corrected chi connectivity index (χ3v) is 3.84. The number of aromatic nitrogens is 1. The highest BCUT2D eigenvalue weighted by molar-refractivity contribution is 5.75. The monoisotopic (exact) mass is 317 g/mol. The minimum Gasteiger partial charge on any atom is -0.373 e. The number of amides is 1. The zero-order chi connectivity index (χ0) is 17.0. The molecule has 0 spiro atoms. The van der Waals surface area contributed by atoms with Crippen LogP contribution >= 0.6 is 0 Å². The number of likely N-dealkylation sites (N-methyl/N-ethyl adjacent to an activating group) is 1. The number of ether oxygens (including phenoxy) is 1. The number of rotatable bonds is 5. The number of hydrogen-bond acceptors (Lipinski definition) is 6. The number of carbonyl (C=O) groups excluding carboxylic acids is 1. The maximum absolute atomic E-state index is 11.0. The molecule has 0 aromatic carbocycles. The summed E-state index contributed by atoms with van der Waals surface area (Å²) >= 11 is 0. The molecule has 1 unspecified atom stereocenters. The maximum atomic E-state index is 11.0. The van der Waals surface area contributed by atoms with Gasteiger partial charge < -0.3 is 15.4 Å². The Bertz CT molecular complexity index is 626. The molecule has 2 heterocycles. The van der Waals surface area contributed by atoms with E-state index in [2.05, 4.69) is 16.0 Å². The fraction of sp³-hybridized carbons (Fsp3) is 0.562. The van der Waals surface area contributed by atoms with Crippen molar-refractivity contribution in [3.63, 3.8) is 0 Å². The van der Waals surface area contributed by atoms with Crippen molar-refractivity contribution in [2.45, 2.75) is 20.0 Å². The summed E-state index contributed by atoms with van der Waals surface area (Å²) in [5, 5.41) is 9.42. The number of morpholine rings is 1. The number of pyridine rings is 1. The van der Waals surface area contributed by atoms with Crippen molar-refractivity contribution < 1.29 is 9.53 Å². The molecule has 1 atom stereocenters. The van der Waals surface area contributed by atoms with E-state index in [1.165, 1.54) is 0 Å². The number of nitriles is 1. The lowest BCUT2D eigenvalue weighted by Crippen LogP contribution is -2.48.